The van der Waals surface area contributed by atoms with Gasteiger partial charge in [0.25, 0.3) is 5.56 Å². The monoisotopic (exact) mass is 470 g/mol. The fourth-order valence-electron chi connectivity index (χ4n) is 4.23. The van der Waals surface area contributed by atoms with Gasteiger partial charge in [-0.3, -0.25) is 10.1 Å². The van der Waals surface area contributed by atoms with Gasteiger partial charge in [0.1, 0.15) is 12.0 Å². The molecule has 3 aliphatic rings. The topological polar surface area (TPSA) is 74.4 Å². The van der Waals surface area contributed by atoms with Crippen molar-refractivity contribution < 1.29 is 23.0 Å². The lowest BCUT2D eigenvalue weighted by atomic mass is 9.84. The van der Waals surface area contributed by atoms with E-state index in [-0.39, 0.29) is 23.3 Å². The van der Waals surface area contributed by atoms with Gasteiger partial charge in [-0.25, -0.2) is 0 Å². The number of aliphatic hydroxyl groups is 1. The third kappa shape index (κ3) is 5.30. The summed E-state index contributed by atoms with van der Waals surface area (Å²) < 4.78 is 42.6. The number of ether oxygens (including phenoxy) is 1. The molecular formula is C23H26ClF3N2O3. The summed E-state index contributed by atoms with van der Waals surface area (Å²) in [6.07, 6.45) is 3.39. The Labute approximate surface area is 189 Å². The van der Waals surface area contributed by atoms with E-state index in [1.165, 1.54) is 6.08 Å². The van der Waals surface area contributed by atoms with E-state index < -0.39 is 24.4 Å². The van der Waals surface area contributed by atoms with Crippen molar-refractivity contribution in [2.45, 2.75) is 62.3 Å². The number of rotatable bonds is 6. The third-order valence-electron chi connectivity index (χ3n) is 6.11. The molecule has 1 saturated heterocycles. The van der Waals surface area contributed by atoms with Gasteiger partial charge in [-0.2, -0.15) is 13.2 Å². The van der Waals surface area contributed by atoms with Crippen LogP contribution in [0.1, 0.15) is 49.8 Å². The van der Waals surface area contributed by atoms with Gasteiger partial charge in [0, 0.05) is 23.2 Å². The Kier molecular flexibility index (Phi) is 6.56. The van der Waals surface area contributed by atoms with Gasteiger partial charge < -0.3 is 14.8 Å². The van der Waals surface area contributed by atoms with Crippen molar-refractivity contribution in [3.8, 4) is 0 Å². The van der Waals surface area contributed by atoms with Crippen LogP contribution >= 0.6 is 11.6 Å². The lowest BCUT2D eigenvalue weighted by Gasteiger charge is -2.29. The molecule has 2 fully saturated rings. The average molecular weight is 471 g/mol. The molecule has 0 amide bonds. The molecule has 0 radical (unpaired) electrons. The molecule has 32 heavy (non-hydrogen) atoms. The van der Waals surface area contributed by atoms with Gasteiger partial charge in [0.2, 0.25) is 0 Å². The summed E-state index contributed by atoms with van der Waals surface area (Å²) in [5.74, 6) is 0.00357. The fourth-order valence-corrected chi connectivity index (χ4v) is 4.50. The standard InChI is InChI=1S/C23H26ClF3N2O3/c1-12-15(6-8-19(21(12)24)32-11-23(25,26)27)17(10-14-4-9-20(30)28-14)18-7-5-16(13-2-3-13)22(31)29-18/h5-8,10,12-14,20-21,28,30H,2-4,9,11H2,1H3,(H,29,31)/b17-10+/t12?,14-,20?,21?/m1/s1. The molecule has 3 unspecified atom stereocenters. The number of pyridine rings is 1. The molecular weight excluding hydrogens is 445 g/mol. The van der Waals surface area contributed by atoms with Crippen molar-refractivity contribution in [2.24, 2.45) is 5.92 Å². The SMILES string of the molecule is CC1C(/C(=C\[C@H]2CCC(O)N2)c2ccc(C3CC3)c(=O)[nH]2)=CC=C(OCC(F)(F)F)C1Cl. The summed E-state index contributed by atoms with van der Waals surface area (Å²) in [5, 5.41) is 12.1. The Bertz CT molecular complexity index is 1010. The Morgan fingerprint density at radius 2 is 2.00 bits per heavy atom. The number of nitrogens with one attached hydrogen (secondary N) is 2. The van der Waals surface area contributed by atoms with Crippen LogP contribution in [-0.4, -0.2) is 40.5 Å². The number of H-pyrrole nitrogens is 1. The lowest BCUT2D eigenvalue weighted by Crippen LogP contribution is -2.29. The van der Waals surface area contributed by atoms with Gasteiger partial charge in [0.05, 0.1) is 5.38 Å². The first-order valence-corrected chi connectivity index (χ1v) is 11.2. The van der Waals surface area contributed by atoms with Crippen LogP contribution in [0.5, 0.6) is 0 Å². The molecule has 1 saturated carbocycles. The molecule has 2 aliphatic carbocycles. The second-order valence-electron chi connectivity index (χ2n) is 8.66. The Balaban J connectivity index is 1.69. The first-order chi connectivity index (χ1) is 15.1. The Morgan fingerprint density at radius 3 is 2.59 bits per heavy atom. The van der Waals surface area contributed by atoms with Crippen molar-refractivity contribution in [3.63, 3.8) is 0 Å². The summed E-state index contributed by atoms with van der Waals surface area (Å²) >= 11 is 6.48. The first kappa shape index (κ1) is 23.1. The van der Waals surface area contributed by atoms with Crippen LogP contribution in [-0.2, 0) is 4.74 Å². The zero-order chi connectivity index (χ0) is 23.0. The normalized spacial score (nSPS) is 29.0. The molecule has 0 bridgehead atoms. The van der Waals surface area contributed by atoms with E-state index >= 15 is 0 Å². The summed E-state index contributed by atoms with van der Waals surface area (Å²) in [5.41, 5.74) is 2.76. The Morgan fingerprint density at radius 1 is 1.25 bits per heavy atom. The minimum absolute atomic E-state index is 0.0616. The molecule has 1 aromatic heterocycles. The summed E-state index contributed by atoms with van der Waals surface area (Å²) in [4.78, 5) is 15.6. The molecule has 4 rings (SSSR count). The third-order valence-corrected chi connectivity index (χ3v) is 6.71. The van der Waals surface area contributed by atoms with E-state index in [0.717, 1.165) is 36.0 Å². The molecule has 174 valence electrons. The van der Waals surface area contributed by atoms with E-state index in [2.05, 4.69) is 10.3 Å². The van der Waals surface area contributed by atoms with Crippen molar-refractivity contribution in [2.75, 3.05) is 6.61 Å². The van der Waals surface area contributed by atoms with Gasteiger partial charge in [-0.1, -0.05) is 25.1 Å². The zero-order valence-corrected chi connectivity index (χ0v) is 18.3. The predicted octanol–water partition coefficient (Wildman–Crippen LogP) is 4.35. The van der Waals surface area contributed by atoms with Crippen LogP contribution in [0.15, 0.2) is 46.5 Å². The highest BCUT2D eigenvalue weighted by molar-refractivity contribution is 6.23. The van der Waals surface area contributed by atoms with Gasteiger partial charge >= 0.3 is 6.18 Å². The molecule has 0 spiro atoms. The van der Waals surface area contributed by atoms with Crippen molar-refractivity contribution in [1.29, 1.82) is 0 Å². The van der Waals surface area contributed by atoms with E-state index in [1.807, 2.05) is 25.1 Å². The van der Waals surface area contributed by atoms with Crippen molar-refractivity contribution >= 4 is 17.2 Å². The highest BCUT2D eigenvalue weighted by Gasteiger charge is 2.34. The highest BCUT2D eigenvalue weighted by atomic mass is 35.5. The maximum Gasteiger partial charge on any atom is 0.422 e. The number of aromatic amines is 1. The van der Waals surface area contributed by atoms with E-state index in [1.54, 1.807) is 6.08 Å². The quantitative estimate of drug-likeness (QED) is 0.540. The fraction of sp³-hybridized carbons (Fsp3) is 0.522. The molecule has 2 heterocycles. The first-order valence-electron chi connectivity index (χ1n) is 10.8. The van der Waals surface area contributed by atoms with Crippen LogP contribution in [0.25, 0.3) is 5.57 Å². The number of halogens is 4. The predicted molar refractivity (Wildman–Crippen MR) is 116 cm³/mol. The number of aromatic nitrogens is 1. The van der Waals surface area contributed by atoms with Crippen LogP contribution < -0.4 is 10.9 Å². The number of allylic oxidation sites excluding steroid dienone is 5. The maximum atomic E-state index is 12.7. The molecule has 4 atom stereocenters. The van der Waals surface area contributed by atoms with Crippen molar-refractivity contribution in [3.05, 3.63) is 63.3 Å². The average Bonchev–Trinajstić information content (AvgIpc) is 3.48. The minimum Gasteiger partial charge on any atom is -0.487 e. The van der Waals surface area contributed by atoms with Gasteiger partial charge in [-0.15, -0.1) is 11.6 Å². The van der Waals surface area contributed by atoms with Crippen LogP contribution in [0.2, 0.25) is 0 Å². The number of hydrogen-bond acceptors (Lipinski definition) is 4. The van der Waals surface area contributed by atoms with E-state index in [9.17, 15) is 23.1 Å². The molecule has 5 nitrogen and oxygen atoms in total. The second kappa shape index (κ2) is 9.08. The smallest absolute Gasteiger partial charge is 0.422 e. The molecule has 0 aromatic carbocycles. The summed E-state index contributed by atoms with van der Waals surface area (Å²) in [7, 11) is 0. The summed E-state index contributed by atoms with van der Waals surface area (Å²) in [6, 6.07) is 3.60. The minimum atomic E-state index is -4.45. The summed E-state index contributed by atoms with van der Waals surface area (Å²) in [6.45, 7) is 0.412. The second-order valence-corrected chi connectivity index (χ2v) is 9.13. The van der Waals surface area contributed by atoms with E-state index in [4.69, 9.17) is 16.3 Å². The van der Waals surface area contributed by atoms with E-state index in [0.29, 0.717) is 18.0 Å². The number of aliphatic hydroxyl groups excluding tert-OH is 1. The highest BCUT2D eigenvalue weighted by Crippen LogP contribution is 2.40. The van der Waals surface area contributed by atoms with Crippen LogP contribution in [0, 0.1) is 5.92 Å². The number of hydrogen-bond donors (Lipinski definition) is 3. The molecule has 1 aromatic rings. The van der Waals surface area contributed by atoms with Gasteiger partial charge in [0.15, 0.2) is 6.61 Å². The largest absolute Gasteiger partial charge is 0.487 e. The van der Waals surface area contributed by atoms with Crippen LogP contribution in [0.4, 0.5) is 13.2 Å². The van der Waals surface area contributed by atoms with Gasteiger partial charge in [-0.05, 0) is 54.9 Å². The molecule has 1 aliphatic heterocycles. The van der Waals surface area contributed by atoms with Crippen molar-refractivity contribution in [1.82, 2.24) is 10.3 Å². The molecule has 9 heteroatoms. The molecule has 3 N–H and O–H groups in total. The number of alkyl halides is 4. The Hall–Kier alpha value is -2.03. The maximum absolute atomic E-state index is 12.7. The zero-order valence-electron chi connectivity index (χ0n) is 17.6. The lowest BCUT2D eigenvalue weighted by molar-refractivity contribution is -0.165. The van der Waals surface area contributed by atoms with Crippen LogP contribution in [0.3, 0.4) is 0 Å².